The molecule has 1 aromatic carbocycles. The van der Waals surface area contributed by atoms with Crippen LogP contribution in [0.5, 0.6) is 5.75 Å². The Bertz CT molecular complexity index is 791. The summed E-state index contributed by atoms with van der Waals surface area (Å²) < 4.78 is 31.8. The maximum absolute atomic E-state index is 12.1. The maximum Gasteiger partial charge on any atom is 0.250 e. The van der Waals surface area contributed by atoms with Crippen LogP contribution in [0.2, 0.25) is 0 Å². The number of hydrogen-bond acceptors (Lipinski definition) is 6. The minimum Gasteiger partial charge on any atom is -0.495 e. The summed E-state index contributed by atoms with van der Waals surface area (Å²) in [5.41, 5.74) is 6.93. The van der Waals surface area contributed by atoms with E-state index in [0.717, 1.165) is 11.3 Å². The second-order valence-corrected chi connectivity index (χ2v) is 7.21. The zero-order chi connectivity index (χ0) is 15.5. The second kappa shape index (κ2) is 6.13. The van der Waals surface area contributed by atoms with Crippen LogP contribution >= 0.6 is 11.3 Å². The van der Waals surface area contributed by atoms with Gasteiger partial charge in [-0.15, -0.1) is 11.3 Å². The van der Waals surface area contributed by atoms with Gasteiger partial charge < -0.3 is 10.5 Å². The van der Waals surface area contributed by atoms with Crippen molar-refractivity contribution in [3.63, 3.8) is 0 Å². The van der Waals surface area contributed by atoms with Gasteiger partial charge in [0.1, 0.15) is 20.9 Å². The summed E-state index contributed by atoms with van der Waals surface area (Å²) in [6.07, 6.45) is 0. The highest BCUT2D eigenvalue weighted by Crippen LogP contribution is 2.23. The molecular formula is C13H13N3O3S2. The predicted molar refractivity (Wildman–Crippen MR) is 80.5 cm³/mol. The molecule has 0 atom stereocenters. The predicted octanol–water partition coefficient (Wildman–Crippen LogP) is 1.69. The lowest BCUT2D eigenvalue weighted by Gasteiger charge is -2.08. The summed E-state index contributed by atoms with van der Waals surface area (Å²) in [7, 11) is -2.12. The van der Waals surface area contributed by atoms with Gasteiger partial charge in [-0.05, 0) is 29.8 Å². The molecule has 0 radical (unpaired) electrons. The molecule has 0 aliphatic carbocycles. The van der Waals surface area contributed by atoms with Crippen LogP contribution in [-0.2, 0) is 16.6 Å². The number of methoxy groups -OCH3 is 1. The average Bonchev–Trinajstić information content (AvgIpc) is 2.95. The van der Waals surface area contributed by atoms with Crippen LogP contribution in [0.3, 0.4) is 0 Å². The van der Waals surface area contributed by atoms with Gasteiger partial charge >= 0.3 is 0 Å². The van der Waals surface area contributed by atoms with Gasteiger partial charge in [0.05, 0.1) is 12.8 Å². The number of anilines is 1. The minimum absolute atomic E-state index is 0.107. The monoisotopic (exact) mass is 323 g/mol. The van der Waals surface area contributed by atoms with Gasteiger partial charge in [0.2, 0.25) is 10.0 Å². The number of nitrogens with two attached hydrogens (primary N) is 1. The number of benzene rings is 1. The molecule has 0 saturated carbocycles. The highest BCUT2D eigenvalue weighted by atomic mass is 32.2. The highest BCUT2D eigenvalue weighted by Gasteiger charge is 2.16. The van der Waals surface area contributed by atoms with Gasteiger partial charge in [-0.3, -0.25) is 0 Å². The van der Waals surface area contributed by atoms with Gasteiger partial charge in [-0.1, -0.05) is 6.07 Å². The molecule has 8 heteroatoms. The van der Waals surface area contributed by atoms with Crippen molar-refractivity contribution in [3.05, 3.63) is 40.8 Å². The van der Waals surface area contributed by atoms with Gasteiger partial charge in [0.15, 0.2) is 0 Å². The van der Waals surface area contributed by atoms with E-state index >= 15 is 0 Å². The lowest BCUT2D eigenvalue weighted by atomic mass is 10.2. The third-order valence-electron chi connectivity index (χ3n) is 2.72. The number of nitriles is 1. The molecule has 0 spiro atoms. The van der Waals surface area contributed by atoms with Crippen LogP contribution in [0.15, 0.2) is 34.5 Å². The molecule has 21 heavy (non-hydrogen) atoms. The van der Waals surface area contributed by atoms with Gasteiger partial charge in [-0.25, -0.2) is 13.1 Å². The molecule has 0 bridgehead atoms. The van der Waals surface area contributed by atoms with Crippen LogP contribution in [-0.4, -0.2) is 15.5 Å². The normalized spacial score (nSPS) is 11.0. The molecule has 2 rings (SSSR count). The fourth-order valence-electron chi connectivity index (χ4n) is 1.67. The van der Waals surface area contributed by atoms with E-state index < -0.39 is 10.0 Å². The molecule has 0 saturated heterocycles. The zero-order valence-corrected chi connectivity index (χ0v) is 12.8. The van der Waals surface area contributed by atoms with E-state index in [0.29, 0.717) is 21.9 Å². The van der Waals surface area contributed by atoms with E-state index in [4.69, 9.17) is 15.7 Å². The first-order chi connectivity index (χ1) is 9.96. The number of rotatable bonds is 5. The van der Waals surface area contributed by atoms with Crippen molar-refractivity contribution in [2.75, 3.05) is 12.8 Å². The van der Waals surface area contributed by atoms with E-state index in [1.165, 1.54) is 19.2 Å². The molecule has 1 heterocycles. The standard InChI is InChI=1S/C13H13N3O3S2/c1-19-12-4-2-9(6-11(12)15)8-16-21(17,18)13-5-3-10(7-14)20-13/h2-6,16H,8,15H2,1H3. The molecule has 110 valence electrons. The highest BCUT2D eigenvalue weighted by molar-refractivity contribution is 7.91. The summed E-state index contributed by atoms with van der Waals surface area (Å²) in [6, 6.07) is 9.85. The minimum atomic E-state index is -3.63. The second-order valence-electron chi connectivity index (χ2n) is 4.13. The Morgan fingerprint density at radius 3 is 2.71 bits per heavy atom. The Kier molecular flexibility index (Phi) is 4.47. The van der Waals surface area contributed by atoms with Crippen LogP contribution in [0, 0.1) is 11.3 Å². The molecular weight excluding hydrogens is 310 g/mol. The SMILES string of the molecule is COc1ccc(CNS(=O)(=O)c2ccc(C#N)s2)cc1N. The summed E-state index contributed by atoms with van der Waals surface area (Å²) >= 11 is 0.928. The first-order valence-corrected chi connectivity index (χ1v) is 8.18. The van der Waals surface area contributed by atoms with Gasteiger partial charge in [0, 0.05) is 6.54 Å². The first kappa shape index (κ1) is 15.3. The van der Waals surface area contributed by atoms with E-state index in [9.17, 15) is 8.42 Å². The number of nitrogen functional groups attached to an aromatic ring is 1. The Balaban J connectivity index is 2.11. The van der Waals surface area contributed by atoms with Crippen molar-refractivity contribution in [1.82, 2.24) is 4.72 Å². The number of nitrogens with zero attached hydrogens (tertiary/aromatic N) is 1. The quantitative estimate of drug-likeness (QED) is 0.815. The zero-order valence-electron chi connectivity index (χ0n) is 11.2. The molecule has 0 amide bonds. The first-order valence-electron chi connectivity index (χ1n) is 5.88. The molecule has 6 nitrogen and oxygen atoms in total. The molecule has 0 unspecified atom stereocenters. The van der Waals surface area contributed by atoms with Crippen LogP contribution in [0.25, 0.3) is 0 Å². The van der Waals surface area contributed by atoms with Crippen molar-refractivity contribution < 1.29 is 13.2 Å². The van der Waals surface area contributed by atoms with Crippen LogP contribution in [0.4, 0.5) is 5.69 Å². The summed E-state index contributed by atoms with van der Waals surface area (Å²) in [4.78, 5) is 0.351. The maximum atomic E-state index is 12.1. The van der Waals surface area contributed by atoms with E-state index in [2.05, 4.69) is 4.72 Å². The van der Waals surface area contributed by atoms with Crippen LogP contribution in [0.1, 0.15) is 10.4 Å². The molecule has 1 aromatic heterocycles. The molecule has 0 aliphatic rings. The largest absolute Gasteiger partial charge is 0.495 e. The van der Waals surface area contributed by atoms with Crippen molar-refractivity contribution in [3.8, 4) is 11.8 Å². The van der Waals surface area contributed by atoms with Crippen molar-refractivity contribution in [1.29, 1.82) is 5.26 Å². The van der Waals surface area contributed by atoms with E-state index in [-0.39, 0.29) is 10.8 Å². The topological polar surface area (TPSA) is 105 Å². The third-order valence-corrected chi connectivity index (χ3v) is 5.60. The molecule has 3 N–H and O–H groups in total. The van der Waals surface area contributed by atoms with Gasteiger partial charge in [-0.2, -0.15) is 5.26 Å². The lowest BCUT2D eigenvalue weighted by Crippen LogP contribution is -2.22. The number of ether oxygens (including phenoxy) is 1. The van der Waals surface area contributed by atoms with Crippen LogP contribution < -0.4 is 15.2 Å². The van der Waals surface area contributed by atoms with E-state index in [1.807, 2.05) is 6.07 Å². The fourth-order valence-corrected chi connectivity index (χ4v) is 3.83. The summed E-state index contributed by atoms with van der Waals surface area (Å²) in [5.74, 6) is 0.540. The Morgan fingerprint density at radius 2 is 2.14 bits per heavy atom. The summed E-state index contributed by atoms with van der Waals surface area (Å²) in [6.45, 7) is 0.107. The van der Waals surface area contributed by atoms with Gasteiger partial charge in [0.25, 0.3) is 0 Å². The summed E-state index contributed by atoms with van der Waals surface area (Å²) in [5, 5.41) is 8.72. The van der Waals surface area contributed by atoms with E-state index in [1.54, 1.807) is 18.2 Å². The molecule has 2 aromatic rings. The molecule has 0 fully saturated rings. The Hall–Kier alpha value is -2.08. The molecule has 0 aliphatic heterocycles. The third kappa shape index (κ3) is 3.52. The van der Waals surface area contributed by atoms with Crippen molar-refractivity contribution in [2.24, 2.45) is 0 Å². The van der Waals surface area contributed by atoms with Crippen molar-refractivity contribution in [2.45, 2.75) is 10.8 Å². The Morgan fingerprint density at radius 1 is 1.38 bits per heavy atom. The Labute approximate surface area is 126 Å². The number of hydrogen-bond donors (Lipinski definition) is 2. The number of thiophene rings is 1. The fraction of sp³-hybridized carbons (Fsp3) is 0.154. The average molecular weight is 323 g/mol. The number of sulfonamides is 1. The number of nitrogens with one attached hydrogen (secondary N) is 1. The smallest absolute Gasteiger partial charge is 0.250 e. The van der Waals surface area contributed by atoms with Crippen molar-refractivity contribution >= 4 is 27.0 Å². The lowest BCUT2D eigenvalue weighted by molar-refractivity contribution is 0.417.